The van der Waals surface area contributed by atoms with Gasteiger partial charge in [-0.2, -0.15) is 0 Å². The molecule has 0 aliphatic carbocycles. The van der Waals surface area contributed by atoms with Crippen molar-refractivity contribution < 1.29 is 13.9 Å². The van der Waals surface area contributed by atoms with E-state index in [0.29, 0.717) is 45.6 Å². The van der Waals surface area contributed by atoms with E-state index in [0.717, 1.165) is 23.2 Å². The fraction of sp³-hybridized carbons (Fsp3) is 0.476. The van der Waals surface area contributed by atoms with Crippen LogP contribution in [0.2, 0.25) is 0 Å². The van der Waals surface area contributed by atoms with E-state index in [1.807, 2.05) is 16.8 Å². The fourth-order valence-corrected chi connectivity index (χ4v) is 4.21. The molecule has 1 spiro atoms. The van der Waals surface area contributed by atoms with E-state index in [1.165, 1.54) is 12.1 Å². The van der Waals surface area contributed by atoms with Gasteiger partial charge in [0.15, 0.2) is 0 Å². The first-order valence-electron chi connectivity index (χ1n) is 9.92. The van der Waals surface area contributed by atoms with Gasteiger partial charge in [-0.15, -0.1) is 0 Å². The lowest BCUT2D eigenvalue weighted by Crippen LogP contribution is -2.50. The van der Waals surface area contributed by atoms with Crippen LogP contribution in [0.5, 0.6) is 0 Å². The standard InChI is InChI=1S/C21H26FN5O2/c1-26(13-15-2-4-17(22)5-3-15)14-18(28)27-9-7-21(8-10-27)19-16(6-11-29-21)12-24-20(23)25-19/h2-5,12H,6-11,13-14H2,1H3,(H2,23,24,25). The number of amides is 1. The normalized spacial score (nSPS) is 18.1. The predicted octanol–water partition coefficient (Wildman–Crippen LogP) is 1.72. The Morgan fingerprint density at radius 3 is 2.76 bits per heavy atom. The number of hydrogen-bond acceptors (Lipinski definition) is 6. The number of likely N-dealkylation sites (N-methyl/N-ethyl adjacent to an activating group) is 1. The number of benzene rings is 1. The highest BCUT2D eigenvalue weighted by Gasteiger charge is 2.43. The summed E-state index contributed by atoms with van der Waals surface area (Å²) in [6.07, 6.45) is 3.98. The van der Waals surface area contributed by atoms with E-state index in [9.17, 15) is 9.18 Å². The molecule has 1 aromatic carbocycles. The van der Waals surface area contributed by atoms with E-state index in [4.69, 9.17) is 10.5 Å². The van der Waals surface area contributed by atoms with Gasteiger partial charge < -0.3 is 15.4 Å². The molecule has 1 saturated heterocycles. The van der Waals surface area contributed by atoms with Gasteiger partial charge in [-0.25, -0.2) is 14.4 Å². The summed E-state index contributed by atoms with van der Waals surface area (Å²) >= 11 is 0. The molecular formula is C21H26FN5O2. The van der Waals surface area contributed by atoms with Crippen molar-refractivity contribution in [2.75, 3.05) is 39.0 Å². The number of halogens is 1. The fourth-order valence-electron chi connectivity index (χ4n) is 4.21. The Kier molecular flexibility index (Phi) is 5.47. The van der Waals surface area contributed by atoms with E-state index in [2.05, 4.69) is 9.97 Å². The van der Waals surface area contributed by atoms with Gasteiger partial charge in [-0.05, 0) is 49.6 Å². The summed E-state index contributed by atoms with van der Waals surface area (Å²) in [7, 11) is 1.90. The molecule has 2 N–H and O–H groups in total. The molecule has 1 fully saturated rings. The first-order chi connectivity index (χ1) is 13.9. The van der Waals surface area contributed by atoms with Crippen LogP contribution in [0.25, 0.3) is 0 Å². The highest BCUT2D eigenvalue weighted by Crippen LogP contribution is 2.40. The number of carbonyl (C=O) groups is 1. The number of hydrogen-bond donors (Lipinski definition) is 1. The molecule has 2 aromatic rings. The molecule has 8 heteroatoms. The Morgan fingerprint density at radius 1 is 1.31 bits per heavy atom. The van der Waals surface area contributed by atoms with Crippen LogP contribution < -0.4 is 5.73 Å². The number of fused-ring (bicyclic) bond motifs is 2. The van der Waals surface area contributed by atoms with E-state index < -0.39 is 5.60 Å². The molecule has 0 radical (unpaired) electrons. The minimum absolute atomic E-state index is 0.0858. The number of piperidine rings is 1. The van der Waals surface area contributed by atoms with Crippen LogP contribution in [0.1, 0.15) is 29.7 Å². The van der Waals surface area contributed by atoms with Crippen LogP contribution in [-0.2, 0) is 28.1 Å². The van der Waals surface area contributed by atoms with Gasteiger partial charge in [0.1, 0.15) is 11.4 Å². The average molecular weight is 399 g/mol. The lowest BCUT2D eigenvalue weighted by atomic mass is 9.83. The number of aromatic nitrogens is 2. The molecule has 29 heavy (non-hydrogen) atoms. The Balaban J connectivity index is 1.36. The maximum atomic E-state index is 13.0. The van der Waals surface area contributed by atoms with Crippen molar-refractivity contribution in [2.45, 2.75) is 31.4 Å². The summed E-state index contributed by atoms with van der Waals surface area (Å²) < 4.78 is 19.2. The SMILES string of the molecule is CN(CC(=O)N1CCC2(CC1)OCCc1cnc(N)nc12)Cc1ccc(F)cc1. The van der Waals surface area contributed by atoms with Crippen molar-refractivity contribution in [3.8, 4) is 0 Å². The van der Waals surface area contributed by atoms with Gasteiger partial charge in [0, 0.05) is 25.8 Å². The van der Waals surface area contributed by atoms with Gasteiger partial charge in [-0.3, -0.25) is 9.69 Å². The lowest BCUT2D eigenvalue weighted by molar-refractivity contribution is -0.142. The van der Waals surface area contributed by atoms with Gasteiger partial charge in [0.05, 0.1) is 18.8 Å². The summed E-state index contributed by atoms with van der Waals surface area (Å²) in [6.45, 7) is 2.78. The molecule has 1 aromatic heterocycles. The number of anilines is 1. The van der Waals surface area contributed by atoms with Crippen LogP contribution in [0.15, 0.2) is 30.5 Å². The largest absolute Gasteiger partial charge is 0.368 e. The maximum Gasteiger partial charge on any atom is 0.236 e. The van der Waals surface area contributed by atoms with Crippen LogP contribution in [0.3, 0.4) is 0 Å². The number of carbonyl (C=O) groups excluding carboxylic acids is 1. The van der Waals surface area contributed by atoms with Crippen molar-refractivity contribution in [3.05, 3.63) is 53.1 Å². The number of nitrogens with zero attached hydrogens (tertiary/aromatic N) is 4. The molecule has 0 atom stereocenters. The second-order valence-corrected chi connectivity index (χ2v) is 7.87. The number of nitrogen functional groups attached to an aromatic ring is 1. The Labute approximate surface area is 169 Å². The van der Waals surface area contributed by atoms with Gasteiger partial charge in [0.25, 0.3) is 0 Å². The predicted molar refractivity (Wildman–Crippen MR) is 106 cm³/mol. The Bertz CT molecular complexity index is 881. The molecule has 7 nitrogen and oxygen atoms in total. The van der Waals surface area contributed by atoms with Crippen molar-refractivity contribution in [3.63, 3.8) is 0 Å². The van der Waals surface area contributed by atoms with Crippen LogP contribution in [-0.4, -0.2) is 59.0 Å². The van der Waals surface area contributed by atoms with E-state index in [-0.39, 0.29) is 17.7 Å². The number of likely N-dealkylation sites (tertiary alicyclic amines) is 1. The minimum atomic E-state index is -0.471. The Morgan fingerprint density at radius 2 is 2.03 bits per heavy atom. The lowest BCUT2D eigenvalue weighted by Gasteiger charge is -2.44. The molecular weight excluding hydrogens is 373 g/mol. The third-order valence-corrected chi connectivity index (χ3v) is 5.76. The zero-order chi connectivity index (χ0) is 20.4. The number of nitrogens with two attached hydrogens (primary N) is 1. The molecule has 0 saturated carbocycles. The van der Waals surface area contributed by atoms with Crippen LogP contribution >= 0.6 is 0 Å². The topological polar surface area (TPSA) is 84.6 Å². The molecule has 4 rings (SSSR count). The van der Waals surface area contributed by atoms with Crippen molar-refractivity contribution in [1.29, 1.82) is 0 Å². The molecule has 2 aliphatic rings. The quantitative estimate of drug-likeness (QED) is 0.843. The van der Waals surface area contributed by atoms with E-state index in [1.54, 1.807) is 18.3 Å². The van der Waals surface area contributed by atoms with Crippen molar-refractivity contribution in [2.24, 2.45) is 0 Å². The third-order valence-electron chi connectivity index (χ3n) is 5.76. The zero-order valence-corrected chi connectivity index (χ0v) is 16.6. The van der Waals surface area contributed by atoms with Gasteiger partial charge >= 0.3 is 0 Å². The smallest absolute Gasteiger partial charge is 0.236 e. The highest BCUT2D eigenvalue weighted by atomic mass is 19.1. The van der Waals surface area contributed by atoms with Crippen LogP contribution in [0.4, 0.5) is 10.3 Å². The van der Waals surface area contributed by atoms with Crippen molar-refractivity contribution >= 4 is 11.9 Å². The number of ether oxygens (including phenoxy) is 1. The first-order valence-corrected chi connectivity index (χ1v) is 9.92. The molecule has 1 amide bonds. The van der Waals surface area contributed by atoms with Crippen molar-refractivity contribution in [1.82, 2.24) is 19.8 Å². The first kappa shape index (κ1) is 19.7. The van der Waals surface area contributed by atoms with Gasteiger partial charge in [0.2, 0.25) is 11.9 Å². The molecule has 3 heterocycles. The molecule has 0 bridgehead atoms. The minimum Gasteiger partial charge on any atom is -0.368 e. The molecule has 2 aliphatic heterocycles. The molecule has 154 valence electrons. The summed E-state index contributed by atoms with van der Waals surface area (Å²) in [4.78, 5) is 25.2. The summed E-state index contributed by atoms with van der Waals surface area (Å²) in [5.41, 5.74) is 8.28. The van der Waals surface area contributed by atoms with Gasteiger partial charge in [-0.1, -0.05) is 12.1 Å². The molecule has 0 unspecified atom stereocenters. The maximum absolute atomic E-state index is 13.0. The third kappa shape index (κ3) is 4.23. The summed E-state index contributed by atoms with van der Waals surface area (Å²) in [6, 6.07) is 6.36. The second-order valence-electron chi connectivity index (χ2n) is 7.87. The summed E-state index contributed by atoms with van der Waals surface area (Å²) in [5, 5.41) is 0. The second kappa shape index (κ2) is 8.04. The zero-order valence-electron chi connectivity index (χ0n) is 16.6. The number of rotatable bonds is 4. The summed E-state index contributed by atoms with van der Waals surface area (Å²) in [5.74, 6) is 0.0884. The van der Waals surface area contributed by atoms with Crippen LogP contribution in [0, 0.1) is 5.82 Å². The average Bonchev–Trinajstić information content (AvgIpc) is 2.71. The van der Waals surface area contributed by atoms with E-state index >= 15 is 0 Å². The Hall–Kier alpha value is -2.58. The monoisotopic (exact) mass is 399 g/mol. The highest BCUT2D eigenvalue weighted by molar-refractivity contribution is 5.78.